The lowest BCUT2D eigenvalue weighted by molar-refractivity contribution is -0.138. The molecule has 2 heterocycles. The highest BCUT2D eigenvalue weighted by atomic mass is 19.4. The Hall–Kier alpha value is -3.34. The summed E-state index contributed by atoms with van der Waals surface area (Å²) >= 11 is 0. The zero-order chi connectivity index (χ0) is 20.7. The molecule has 144 valence electrons. The van der Waals surface area contributed by atoms with E-state index in [1.807, 2.05) is 37.4 Å². The first-order chi connectivity index (χ1) is 13.1. The number of amides is 1. The van der Waals surface area contributed by atoms with E-state index in [0.29, 0.717) is 0 Å². The molecule has 0 radical (unpaired) electrons. The molecule has 1 N–H and O–H groups in total. The number of benzene rings is 1. The number of aromatic nitrogens is 2. The molecule has 0 aliphatic heterocycles. The van der Waals surface area contributed by atoms with E-state index < -0.39 is 28.9 Å². The van der Waals surface area contributed by atoms with Gasteiger partial charge in [0, 0.05) is 17.1 Å². The lowest BCUT2D eigenvalue weighted by Crippen LogP contribution is -2.40. The number of halogens is 3. The van der Waals surface area contributed by atoms with Gasteiger partial charge in [-0.05, 0) is 38.5 Å². The molecule has 0 atom stereocenters. The monoisotopic (exact) mass is 386 g/mol. The average Bonchev–Trinajstić information content (AvgIpc) is 2.99. The molecule has 0 aliphatic rings. The third-order valence-electron chi connectivity index (χ3n) is 4.63. The van der Waals surface area contributed by atoms with Gasteiger partial charge >= 0.3 is 6.18 Å². The van der Waals surface area contributed by atoms with Crippen LogP contribution in [0.15, 0.2) is 42.7 Å². The highest BCUT2D eigenvalue weighted by molar-refractivity contribution is 5.98. The van der Waals surface area contributed by atoms with Gasteiger partial charge in [0.1, 0.15) is 11.6 Å². The van der Waals surface area contributed by atoms with Crippen molar-refractivity contribution in [3.8, 4) is 6.07 Å². The lowest BCUT2D eigenvalue weighted by Gasteiger charge is -2.27. The lowest BCUT2D eigenvalue weighted by atomic mass is 10.0. The van der Waals surface area contributed by atoms with Crippen LogP contribution in [0.25, 0.3) is 10.9 Å². The molecule has 28 heavy (non-hydrogen) atoms. The number of aryl methyl sites for hydroxylation is 1. The molecule has 2 aromatic heterocycles. The SMILES string of the molecule is Cc1cn(C(C)(C)C(=O)Nc2cnc(C#N)c(C(F)(F)F)c2)c2ccccc12. The van der Waals surface area contributed by atoms with Gasteiger partial charge in [-0.1, -0.05) is 18.2 Å². The predicted octanol–water partition coefficient (Wildman–Crippen LogP) is 4.61. The molecule has 0 unspecified atom stereocenters. The first kappa shape index (κ1) is 19.4. The Bertz CT molecular complexity index is 1110. The van der Waals surface area contributed by atoms with Crippen LogP contribution in [0.1, 0.15) is 30.7 Å². The summed E-state index contributed by atoms with van der Waals surface area (Å²) in [6.45, 7) is 5.28. The largest absolute Gasteiger partial charge is 0.419 e. The molecule has 3 aromatic rings. The molecule has 0 fully saturated rings. The van der Waals surface area contributed by atoms with E-state index in [4.69, 9.17) is 5.26 Å². The van der Waals surface area contributed by atoms with Crippen LogP contribution >= 0.6 is 0 Å². The average molecular weight is 386 g/mol. The maximum Gasteiger partial charge on any atom is 0.419 e. The van der Waals surface area contributed by atoms with Crippen molar-refractivity contribution in [3.05, 3.63) is 59.5 Å². The number of para-hydroxylation sites is 1. The molecule has 0 saturated carbocycles. The second-order valence-corrected chi connectivity index (χ2v) is 6.94. The Kier molecular flexibility index (Phi) is 4.63. The number of fused-ring (bicyclic) bond motifs is 1. The summed E-state index contributed by atoms with van der Waals surface area (Å²) in [4.78, 5) is 16.4. The van der Waals surface area contributed by atoms with Crippen LogP contribution in [0.3, 0.4) is 0 Å². The molecule has 3 rings (SSSR count). The van der Waals surface area contributed by atoms with Crippen molar-refractivity contribution in [2.45, 2.75) is 32.5 Å². The molecular weight excluding hydrogens is 369 g/mol. The van der Waals surface area contributed by atoms with Gasteiger partial charge in [-0.25, -0.2) is 4.98 Å². The summed E-state index contributed by atoms with van der Waals surface area (Å²) in [7, 11) is 0. The summed E-state index contributed by atoms with van der Waals surface area (Å²) in [5.74, 6) is -0.507. The number of carbonyl (C=O) groups is 1. The van der Waals surface area contributed by atoms with E-state index in [0.717, 1.165) is 28.7 Å². The molecule has 0 saturated heterocycles. The molecule has 0 bridgehead atoms. The van der Waals surface area contributed by atoms with Crippen LogP contribution in [-0.4, -0.2) is 15.5 Å². The topological polar surface area (TPSA) is 70.7 Å². The molecule has 1 aromatic carbocycles. The zero-order valence-corrected chi connectivity index (χ0v) is 15.4. The Balaban J connectivity index is 1.97. The summed E-state index contributed by atoms with van der Waals surface area (Å²) < 4.78 is 41.1. The molecule has 0 aliphatic carbocycles. The fourth-order valence-electron chi connectivity index (χ4n) is 3.04. The summed E-state index contributed by atoms with van der Waals surface area (Å²) in [6.07, 6.45) is -1.87. The van der Waals surface area contributed by atoms with Gasteiger partial charge in [-0.2, -0.15) is 18.4 Å². The predicted molar refractivity (Wildman–Crippen MR) is 98.6 cm³/mol. The number of hydrogen-bond acceptors (Lipinski definition) is 3. The molecule has 0 spiro atoms. The smallest absolute Gasteiger partial charge is 0.333 e. The number of nitrogens with one attached hydrogen (secondary N) is 1. The summed E-state index contributed by atoms with van der Waals surface area (Å²) in [5.41, 5.74) is -1.31. The number of hydrogen-bond donors (Lipinski definition) is 1. The van der Waals surface area contributed by atoms with Crippen molar-refractivity contribution in [2.75, 3.05) is 5.32 Å². The van der Waals surface area contributed by atoms with Gasteiger partial charge < -0.3 is 9.88 Å². The van der Waals surface area contributed by atoms with Crippen molar-refractivity contribution in [3.63, 3.8) is 0 Å². The third kappa shape index (κ3) is 3.31. The quantitative estimate of drug-likeness (QED) is 0.715. The standard InChI is InChI=1S/C20H17F3N4O/c1-12-11-27(17-7-5-4-6-14(12)17)19(2,3)18(28)26-13-8-15(20(21,22)23)16(9-24)25-10-13/h4-8,10-11H,1-3H3,(H,26,28). The van der Waals surface area contributed by atoms with Gasteiger partial charge in [-0.15, -0.1) is 0 Å². The number of carbonyl (C=O) groups excluding carboxylic acids is 1. The molecule has 1 amide bonds. The third-order valence-corrected chi connectivity index (χ3v) is 4.63. The van der Waals surface area contributed by atoms with Crippen LogP contribution < -0.4 is 5.32 Å². The number of pyridine rings is 1. The fourth-order valence-corrected chi connectivity index (χ4v) is 3.04. The number of anilines is 1. The Morgan fingerprint density at radius 3 is 2.57 bits per heavy atom. The van der Waals surface area contributed by atoms with Gasteiger partial charge in [0.25, 0.3) is 0 Å². The van der Waals surface area contributed by atoms with E-state index >= 15 is 0 Å². The van der Waals surface area contributed by atoms with Crippen LogP contribution in [0, 0.1) is 18.3 Å². The van der Waals surface area contributed by atoms with Crippen molar-refractivity contribution in [2.24, 2.45) is 0 Å². The summed E-state index contributed by atoms with van der Waals surface area (Å²) in [6, 6.07) is 9.70. The van der Waals surface area contributed by atoms with E-state index in [1.165, 1.54) is 6.07 Å². The number of nitriles is 1. The van der Waals surface area contributed by atoms with Crippen LogP contribution in [0.5, 0.6) is 0 Å². The van der Waals surface area contributed by atoms with Gasteiger partial charge in [0.2, 0.25) is 5.91 Å². The number of rotatable bonds is 3. The van der Waals surface area contributed by atoms with Crippen LogP contribution in [0.2, 0.25) is 0 Å². The first-order valence-corrected chi connectivity index (χ1v) is 8.41. The maximum atomic E-state index is 13.1. The first-order valence-electron chi connectivity index (χ1n) is 8.41. The van der Waals surface area contributed by atoms with Crippen LogP contribution in [0.4, 0.5) is 18.9 Å². The highest BCUT2D eigenvalue weighted by Gasteiger charge is 2.36. The Morgan fingerprint density at radius 1 is 1.25 bits per heavy atom. The normalized spacial score (nSPS) is 12.0. The number of nitrogens with zero attached hydrogens (tertiary/aromatic N) is 3. The van der Waals surface area contributed by atoms with Gasteiger partial charge in [0.05, 0.1) is 17.4 Å². The van der Waals surface area contributed by atoms with Crippen LogP contribution in [-0.2, 0) is 16.5 Å². The fraction of sp³-hybridized carbons (Fsp3) is 0.250. The van der Waals surface area contributed by atoms with Gasteiger partial charge in [-0.3, -0.25) is 4.79 Å². The second kappa shape index (κ2) is 6.68. The Labute approximate surface area is 159 Å². The molecular formula is C20H17F3N4O. The maximum absolute atomic E-state index is 13.1. The molecule has 8 heteroatoms. The van der Waals surface area contributed by atoms with Crippen molar-refractivity contribution >= 4 is 22.5 Å². The minimum absolute atomic E-state index is 0.127. The highest BCUT2D eigenvalue weighted by Crippen LogP contribution is 2.33. The minimum Gasteiger partial charge on any atom is -0.333 e. The van der Waals surface area contributed by atoms with Crippen molar-refractivity contribution in [1.29, 1.82) is 5.26 Å². The zero-order valence-electron chi connectivity index (χ0n) is 15.4. The van der Waals surface area contributed by atoms with Gasteiger partial charge in [0.15, 0.2) is 5.69 Å². The van der Waals surface area contributed by atoms with Crippen molar-refractivity contribution in [1.82, 2.24) is 9.55 Å². The van der Waals surface area contributed by atoms with Crippen molar-refractivity contribution < 1.29 is 18.0 Å². The second-order valence-electron chi connectivity index (χ2n) is 6.94. The molecule has 5 nitrogen and oxygen atoms in total. The number of alkyl halides is 3. The van der Waals surface area contributed by atoms with E-state index in [2.05, 4.69) is 10.3 Å². The van der Waals surface area contributed by atoms with E-state index in [-0.39, 0.29) is 5.69 Å². The van der Waals surface area contributed by atoms with E-state index in [9.17, 15) is 18.0 Å². The summed E-state index contributed by atoms with van der Waals surface area (Å²) in [5, 5.41) is 12.3. The minimum atomic E-state index is -4.75. The van der Waals surface area contributed by atoms with E-state index in [1.54, 1.807) is 18.4 Å². The Morgan fingerprint density at radius 2 is 1.93 bits per heavy atom.